The molecule has 2 aliphatic rings. The van der Waals surface area contributed by atoms with Gasteiger partial charge in [0, 0.05) is 36.8 Å². The molecular weight excluding hydrogens is 391 g/mol. The summed E-state index contributed by atoms with van der Waals surface area (Å²) in [4.78, 5) is 17.7. The average Bonchev–Trinajstić information content (AvgIpc) is 2.79. The van der Waals surface area contributed by atoms with Crippen LogP contribution in [0.1, 0.15) is 67.9 Å². The molecule has 1 N–H and O–H groups in total. The van der Waals surface area contributed by atoms with E-state index < -0.39 is 5.60 Å². The van der Waals surface area contributed by atoms with Gasteiger partial charge in [-0.1, -0.05) is 25.0 Å². The Morgan fingerprint density at radius 3 is 2.39 bits per heavy atom. The first-order chi connectivity index (χ1) is 15.0. The molecule has 0 radical (unpaired) electrons. The maximum atomic E-state index is 13.5. The van der Waals surface area contributed by atoms with Crippen molar-refractivity contribution in [1.82, 2.24) is 4.90 Å². The summed E-state index contributed by atoms with van der Waals surface area (Å²) in [6, 6.07) is 14.1. The lowest BCUT2D eigenvalue weighted by atomic mass is 9.66. The lowest BCUT2D eigenvalue weighted by molar-refractivity contribution is -0.115. The third-order valence-corrected chi connectivity index (χ3v) is 7.28. The fourth-order valence-corrected chi connectivity index (χ4v) is 5.55. The summed E-state index contributed by atoms with van der Waals surface area (Å²) in [5.74, 6) is -0.426. The van der Waals surface area contributed by atoms with Crippen LogP contribution in [0.15, 0.2) is 48.5 Å². The van der Waals surface area contributed by atoms with Gasteiger partial charge in [-0.2, -0.15) is 0 Å². The summed E-state index contributed by atoms with van der Waals surface area (Å²) >= 11 is 0. The number of amides is 1. The van der Waals surface area contributed by atoms with Crippen LogP contribution in [0, 0.1) is 11.7 Å². The van der Waals surface area contributed by atoms with E-state index in [1.165, 1.54) is 17.8 Å². The highest BCUT2D eigenvalue weighted by atomic mass is 19.1. The maximum Gasteiger partial charge on any atom is 0.254 e. The van der Waals surface area contributed by atoms with Crippen LogP contribution in [0.5, 0.6) is 0 Å². The first-order valence-corrected chi connectivity index (χ1v) is 11.6. The van der Waals surface area contributed by atoms with Crippen LogP contribution in [0.4, 0.5) is 10.1 Å². The van der Waals surface area contributed by atoms with Crippen LogP contribution < -0.4 is 4.90 Å². The number of halogens is 1. The number of nitrogens with zero attached hydrogens (tertiary/aromatic N) is 2. The molecule has 1 aliphatic carbocycles. The Labute approximate surface area is 184 Å². The molecule has 4 nitrogen and oxygen atoms in total. The molecule has 4 rings (SSSR count). The second-order valence-electron chi connectivity index (χ2n) is 8.92. The van der Waals surface area contributed by atoms with Gasteiger partial charge < -0.3 is 14.9 Å². The summed E-state index contributed by atoms with van der Waals surface area (Å²) < 4.78 is 13.4. The molecule has 2 aromatic carbocycles. The zero-order chi connectivity index (χ0) is 22.0. The van der Waals surface area contributed by atoms with Gasteiger partial charge >= 0.3 is 0 Å². The largest absolute Gasteiger partial charge is 0.389 e. The van der Waals surface area contributed by atoms with Crippen LogP contribution in [-0.4, -0.2) is 41.1 Å². The van der Waals surface area contributed by atoms with Crippen LogP contribution >= 0.6 is 0 Å². The molecule has 2 fully saturated rings. The predicted octanol–water partition coefficient (Wildman–Crippen LogP) is 5.18. The van der Waals surface area contributed by atoms with Crippen molar-refractivity contribution in [2.24, 2.45) is 5.92 Å². The molecule has 0 aromatic heterocycles. The zero-order valence-corrected chi connectivity index (χ0v) is 18.6. The van der Waals surface area contributed by atoms with E-state index in [1.54, 1.807) is 12.1 Å². The van der Waals surface area contributed by atoms with Crippen LogP contribution in [-0.2, 0) is 0 Å². The van der Waals surface area contributed by atoms with E-state index in [0.29, 0.717) is 18.5 Å². The topological polar surface area (TPSA) is 43.8 Å². The van der Waals surface area contributed by atoms with Gasteiger partial charge in [0.2, 0.25) is 0 Å². The Hall–Kier alpha value is -2.40. The van der Waals surface area contributed by atoms with Crippen molar-refractivity contribution < 1.29 is 14.3 Å². The number of hydrogen-bond acceptors (Lipinski definition) is 3. The molecule has 0 unspecified atom stereocenters. The molecule has 1 amide bonds. The average molecular weight is 425 g/mol. The third kappa shape index (κ3) is 4.20. The number of benzene rings is 2. The molecule has 0 spiro atoms. The quantitative estimate of drug-likeness (QED) is 0.719. The summed E-state index contributed by atoms with van der Waals surface area (Å²) in [5, 5.41) is 11.5. The number of hydrogen-bond donors (Lipinski definition) is 1. The Bertz CT molecular complexity index is 895. The highest BCUT2D eigenvalue weighted by Gasteiger charge is 2.50. The monoisotopic (exact) mass is 424 g/mol. The van der Waals surface area contributed by atoms with E-state index in [-0.39, 0.29) is 23.7 Å². The Balaban J connectivity index is 1.70. The Morgan fingerprint density at radius 1 is 1.06 bits per heavy atom. The van der Waals surface area contributed by atoms with Crippen molar-refractivity contribution in [2.45, 2.75) is 57.6 Å². The third-order valence-electron chi connectivity index (χ3n) is 7.28. The smallest absolute Gasteiger partial charge is 0.254 e. The minimum atomic E-state index is -0.722. The number of likely N-dealkylation sites (tertiary alicyclic amines) is 1. The molecular formula is C26H33FN2O2. The van der Waals surface area contributed by atoms with Crippen molar-refractivity contribution in [2.75, 3.05) is 24.5 Å². The summed E-state index contributed by atoms with van der Waals surface area (Å²) in [6.07, 6.45) is 4.40. The predicted molar refractivity (Wildman–Crippen MR) is 122 cm³/mol. The zero-order valence-electron chi connectivity index (χ0n) is 18.6. The van der Waals surface area contributed by atoms with Crippen LogP contribution in [0.25, 0.3) is 0 Å². The summed E-state index contributed by atoms with van der Waals surface area (Å²) in [7, 11) is 0. The Kier molecular flexibility index (Phi) is 6.33. The first kappa shape index (κ1) is 21.8. The van der Waals surface area contributed by atoms with E-state index in [0.717, 1.165) is 44.3 Å². The van der Waals surface area contributed by atoms with E-state index in [9.17, 15) is 14.3 Å². The van der Waals surface area contributed by atoms with E-state index in [1.807, 2.05) is 4.90 Å². The lowest BCUT2D eigenvalue weighted by Gasteiger charge is -2.52. The summed E-state index contributed by atoms with van der Waals surface area (Å²) in [5.41, 5.74) is 2.00. The maximum absolute atomic E-state index is 13.5. The van der Waals surface area contributed by atoms with Crippen molar-refractivity contribution in [3.63, 3.8) is 0 Å². The van der Waals surface area contributed by atoms with Gasteiger partial charge in [-0.05, 0) is 75.1 Å². The molecule has 0 bridgehead atoms. The van der Waals surface area contributed by atoms with Crippen molar-refractivity contribution in [3.05, 3.63) is 65.5 Å². The number of rotatable bonds is 5. The van der Waals surface area contributed by atoms with Gasteiger partial charge in [0.25, 0.3) is 5.91 Å². The number of carbonyl (C=O) groups excluding carboxylic acids is 1. The molecule has 3 atom stereocenters. The van der Waals surface area contributed by atoms with E-state index >= 15 is 0 Å². The van der Waals surface area contributed by atoms with Gasteiger partial charge in [0.05, 0.1) is 11.6 Å². The normalized spacial score (nSPS) is 25.7. The second kappa shape index (κ2) is 8.99. The van der Waals surface area contributed by atoms with E-state index in [4.69, 9.17) is 0 Å². The summed E-state index contributed by atoms with van der Waals surface area (Å²) in [6.45, 7) is 6.67. The van der Waals surface area contributed by atoms with Crippen molar-refractivity contribution in [1.29, 1.82) is 0 Å². The standard InChI is InChI=1S/C26H33FN2O2/c1-3-28(4-2)22-14-10-19(11-15-22)24-23-7-5-6-16-26(23,31)17-18-29(24)25(30)20-8-12-21(27)13-9-20/h8-15,23-24,31H,3-7,16-18H2,1-2H3/t23-,24+,26+/m1/s1. The molecule has 1 saturated heterocycles. The Morgan fingerprint density at radius 2 is 1.74 bits per heavy atom. The van der Waals surface area contributed by atoms with Gasteiger partial charge in [-0.3, -0.25) is 4.79 Å². The van der Waals surface area contributed by atoms with Gasteiger partial charge in [0.15, 0.2) is 0 Å². The van der Waals surface area contributed by atoms with Crippen molar-refractivity contribution >= 4 is 11.6 Å². The number of carbonyl (C=O) groups is 1. The van der Waals surface area contributed by atoms with Crippen LogP contribution in [0.3, 0.4) is 0 Å². The lowest BCUT2D eigenvalue weighted by Crippen LogP contribution is -2.56. The molecule has 1 saturated carbocycles. The number of fused-ring (bicyclic) bond motifs is 1. The SMILES string of the molecule is CCN(CC)c1ccc([C@H]2[C@H]3CCCC[C@]3(O)CCN2C(=O)c2ccc(F)cc2)cc1. The second-order valence-corrected chi connectivity index (χ2v) is 8.92. The number of anilines is 1. The minimum absolute atomic E-state index is 0.0127. The molecule has 5 heteroatoms. The van der Waals surface area contributed by atoms with Gasteiger partial charge in [-0.25, -0.2) is 4.39 Å². The minimum Gasteiger partial charge on any atom is -0.389 e. The number of piperidine rings is 1. The highest BCUT2D eigenvalue weighted by Crippen LogP contribution is 2.49. The molecule has 166 valence electrons. The van der Waals surface area contributed by atoms with Crippen molar-refractivity contribution in [3.8, 4) is 0 Å². The molecule has 2 aromatic rings. The van der Waals surface area contributed by atoms with Crippen LogP contribution in [0.2, 0.25) is 0 Å². The van der Waals surface area contributed by atoms with Gasteiger partial charge in [-0.15, -0.1) is 0 Å². The molecule has 31 heavy (non-hydrogen) atoms. The molecule has 1 aliphatic heterocycles. The van der Waals surface area contributed by atoms with Gasteiger partial charge in [0.1, 0.15) is 5.82 Å². The molecule has 1 heterocycles. The van der Waals surface area contributed by atoms with E-state index in [2.05, 4.69) is 43.0 Å². The first-order valence-electron chi connectivity index (χ1n) is 11.6. The number of aliphatic hydroxyl groups is 1. The highest BCUT2D eigenvalue weighted by molar-refractivity contribution is 5.94. The fourth-order valence-electron chi connectivity index (χ4n) is 5.55. The fraction of sp³-hybridized carbons (Fsp3) is 0.500.